The Morgan fingerprint density at radius 2 is 1.77 bits per heavy atom. The van der Waals surface area contributed by atoms with Crippen LogP contribution in [0.5, 0.6) is 0 Å². The molecule has 0 radical (unpaired) electrons. The molecule has 1 fully saturated rings. The Labute approximate surface area is 81.8 Å². The Morgan fingerprint density at radius 3 is 2.08 bits per heavy atom. The highest BCUT2D eigenvalue weighted by Gasteiger charge is 2.35. The predicted molar refractivity (Wildman–Crippen MR) is 57.3 cm³/mol. The molecule has 0 aliphatic carbocycles. The smallest absolute Gasteiger partial charge is 0.0962 e. The van der Waals surface area contributed by atoms with Crippen LogP contribution < -0.4 is 0 Å². The second kappa shape index (κ2) is 4.12. The van der Waals surface area contributed by atoms with Gasteiger partial charge in [-0.3, -0.25) is 5.41 Å². The van der Waals surface area contributed by atoms with Gasteiger partial charge >= 0.3 is 0 Å². The largest absolute Gasteiger partial charge is 0.355 e. The molecule has 1 aliphatic heterocycles. The molecule has 0 spiro atoms. The van der Waals surface area contributed by atoms with Crippen molar-refractivity contribution in [2.45, 2.75) is 58.4 Å². The summed E-state index contributed by atoms with van der Waals surface area (Å²) >= 11 is 0. The molecule has 0 atom stereocenters. The summed E-state index contributed by atoms with van der Waals surface area (Å²) in [6, 6.07) is 0. The Hall–Kier alpha value is -0.530. The number of rotatable bonds is 4. The molecule has 0 aromatic heterocycles. The monoisotopic (exact) mass is 182 g/mol. The van der Waals surface area contributed by atoms with Crippen molar-refractivity contribution in [3.63, 3.8) is 0 Å². The Bertz CT molecular complexity index is 174. The third kappa shape index (κ3) is 1.72. The standard InChI is InChI=1S/C11H22N2/c1-4-11(5-2,6-3)13-9-7-8-10(13)12/h12H,4-9H2,1-3H3. The minimum Gasteiger partial charge on any atom is -0.355 e. The summed E-state index contributed by atoms with van der Waals surface area (Å²) in [7, 11) is 0. The normalized spacial score (nSPS) is 18.4. The number of nitrogens with zero attached hydrogens (tertiary/aromatic N) is 1. The van der Waals surface area contributed by atoms with Gasteiger partial charge in [0.1, 0.15) is 0 Å². The van der Waals surface area contributed by atoms with Crippen LogP contribution in [0.15, 0.2) is 0 Å². The van der Waals surface area contributed by atoms with Gasteiger partial charge in [0.05, 0.1) is 5.84 Å². The van der Waals surface area contributed by atoms with Gasteiger partial charge in [-0.1, -0.05) is 20.8 Å². The maximum atomic E-state index is 7.90. The number of hydrogen-bond acceptors (Lipinski definition) is 1. The van der Waals surface area contributed by atoms with Crippen LogP contribution in [0.25, 0.3) is 0 Å². The van der Waals surface area contributed by atoms with E-state index in [1.165, 1.54) is 25.7 Å². The Kier molecular flexibility index (Phi) is 3.34. The summed E-state index contributed by atoms with van der Waals surface area (Å²) in [6.45, 7) is 7.85. The van der Waals surface area contributed by atoms with E-state index >= 15 is 0 Å². The van der Waals surface area contributed by atoms with Crippen molar-refractivity contribution >= 4 is 5.84 Å². The van der Waals surface area contributed by atoms with E-state index in [9.17, 15) is 0 Å². The Morgan fingerprint density at radius 1 is 1.23 bits per heavy atom. The van der Waals surface area contributed by atoms with Crippen LogP contribution >= 0.6 is 0 Å². The van der Waals surface area contributed by atoms with Crippen molar-refractivity contribution in [1.29, 1.82) is 5.41 Å². The van der Waals surface area contributed by atoms with Crippen molar-refractivity contribution < 1.29 is 0 Å². The SMILES string of the molecule is CCC(CC)(CC)N1CCCC1=N. The van der Waals surface area contributed by atoms with E-state index in [0.717, 1.165) is 18.8 Å². The highest BCUT2D eigenvalue weighted by atomic mass is 15.2. The maximum Gasteiger partial charge on any atom is 0.0962 e. The minimum atomic E-state index is 0.285. The van der Waals surface area contributed by atoms with E-state index in [0.29, 0.717) is 0 Å². The number of hydrogen-bond donors (Lipinski definition) is 1. The quantitative estimate of drug-likeness (QED) is 0.711. The fraction of sp³-hybridized carbons (Fsp3) is 0.909. The van der Waals surface area contributed by atoms with E-state index < -0.39 is 0 Å². The van der Waals surface area contributed by atoms with Crippen LogP contribution in [0, 0.1) is 5.41 Å². The molecule has 1 N–H and O–H groups in total. The molecule has 1 aliphatic rings. The summed E-state index contributed by atoms with van der Waals surface area (Å²) in [5.74, 6) is 0.866. The topological polar surface area (TPSA) is 27.1 Å². The molecule has 0 aromatic rings. The lowest BCUT2D eigenvalue weighted by Crippen LogP contribution is -2.47. The van der Waals surface area contributed by atoms with Gasteiger partial charge in [0.2, 0.25) is 0 Å². The lowest BCUT2D eigenvalue weighted by Gasteiger charge is -2.41. The molecular formula is C11H22N2. The summed E-state index contributed by atoms with van der Waals surface area (Å²) in [5, 5.41) is 7.90. The van der Waals surface area contributed by atoms with E-state index in [1.54, 1.807) is 0 Å². The summed E-state index contributed by atoms with van der Waals surface area (Å²) in [4.78, 5) is 2.34. The highest BCUT2D eigenvalue weighted by molar-refractivity contribution is 5.81. The second-order valence-corrected chi connectivity index (χ2v) is 3.99. The fourth-order valence-corrected chi connectivity index (χ4v) is 2.52. The zero-order chi connectivity index (χ0) is 9.90. The van der Waals surface area contributed by atoms with Crippen molar-refractivity contribution in [2.75, 3.05) is 6.54 Å². The molecule has 1 saturated heterocycles. The van der Waals surface area contributed by atoms with Gasteiger partial charge in [-0.25, -0.2) is 0 Å². The summed E-state index contributed by atoms with van der Waals surface area (Å²) in [5.41, 5.74) is 0.285. The van der Waals surface area contributed by atoms with Crippen LogP contribution in [-0.4, -0.2) is 22.8 Å². The first-order valence-electron chi connectivity index (χ1n) is 5.55. The minimum absolute atomic E-state index is 0.285. The molecule has 2 nitrogen and oxygen atoms in total. The molecule has 1 rings (SSSR count). The lowest BCUT2D eigenvalue weighted by molar-refractivity contribution is 0.162. The molecule has 0 aromatic carbocycles. The van der Waals surface area contributed by atoms with Crippen LogP contribution in [0.4, 0.5) is 0 Å². The average molecular weight is 182 g/mol. The van der Waals surface area contributed by atoms with Crippen molar-refractivity contribution in [2.24, 2.45) is 0 Å². The zero-order valence-electron chi connectivity index (χ0n) is 9.19. The molecule has 1 heterocycles. The molecule has 0 amide bonds. The van der Waals surface area contributed by atoms with Crippen molar-refractivity contribution in [3.8, 4) is 0 Å². The van der Waals surface area contributed by atoms with E-state index in [-0.39, 0.29) is 5.54 Å². The second-order valence-electron chi connectivity index (χ2n) is 3.99. The maximum absolute atomic E-state index is 7.90. The third-order valence-electron chi connectivity index (χ3n) is 3.67. The van der Waals surface area contributed by atoms with Gasteiger partial charge in [0.15, 0.2) is 0 Å². The Balaban J connectivity index is 2.79. The molecular weight excluding hydrogens is 160 g/mol. The van der Waals surface area contributed by atoms with Gasteiger partial charge in [-0.2, -0.15) is 0 Å². The molecule has 0 bridgehead atoms. The number of likely N-dealkylation sites (tertiary alicyclic amines) is 1. The van der Waals surface area contributed by atoms with Crippen molar-refractivity contribution in [1.82, 2.24) is 4.90 Å². The summed E-state index contributed by atoms with van der Waals surface area (Å²) in [6.07, 6.45) is 5.68. The molecule has 2 heteroatoms. The van der Waals surface area contributed by atoms with Crippen LogP contribution in [0.3, 0.4) is 0 Å². The van der Waals surface area contributed by atoms with Crippen LogP contribution in [0.1, 0.15) is 52.9 Å². The summed E-state index contributed by atoms with van der Waals surface area (Å²) < 4.78 is 0. The number of nitrogens with one attached hydrogen (secondary N) is 1. The van der Waals surface area contributed by atoms with E-state index in [1.807, 2.05) is 0 Å². The van der Waals surface area contributed by atoms with Gasteiger partial charge in [-0.15, -0.1) is 0 Å². The fourth-order valence-electron chi connectivity index (χ4n) is 2.52. The van der Waals surface area contributed by atoms with Gasteiger partial charge in [0.25, 0.3) is 0 Å². The lowest BCUT2D eigenvalue weighted by atomic mass is 9.88. The first-order chi connectivity index (χ1) is 6.20. The molecule has 76 valence electrons. The third-order valence-corrected chi connectivity index (χ3v) is 3.67. The molecule has 0 saturated carbocycles. The first kappa shape index (κ1) is 10.6. The highest BCUT2D eigenvalue weighted by Crippen LogP contribution is 2.31. The first-order valence-corrected chi connectivity index (χ1v) is 5.55. The number of amidine groups is 1. The molecule has 13 heavy (non-hydrogen) atoms. The van der Waals surface area contributed by atoms with Gasteiger partial charge < -0.3 is 4.90 Å². The van der Waals surface area contributed by atoms with Crippen LogP contribution in [-0.2, 0) is 0 Å². The van der Waals surface area contributed by atoms with Crippen LogP contribution in [0.2, 0.25) is 0 Å². The predicted octanol–water partition coefficient (Wildman–Crippen LogP) is 3.03. The van der Waals surface area contributed by atoms with E-state index in [4.69, 9.17) is 5.41 Å². The average Bonchev–Trinajstić information content (AvgIpc) is 2.57. The molecule has 0 unspecified atom stereocenters. The van der Waals surface area contributed by atoms with E-state index in [2.05, 4.69) is 25.7 Å². The zero-order valence-corrected chi connectivity index (χ0v) is 9.19. The van der Waals surface area contributed by atoms with Crippen molar-refractivity contribution in [3.05, 3.63) is 0 Å². The van der Waals surface area contributed by atoms with Gasteiger partial charge in [0, 0.05) is 18.5 Å². The van der Waals surface area contributed by atoms with Gasteiger partial charge in [-0.05, 0) is 25.7 Å².